The molecule has 4 rings (SSSR count). The Morgan fingerprint density at radius 1 is 1.26 bits per heavy atom. The average Bonchev–Trinajstić information content (AvgIpc) is 3.28. The van der Waals surface area contributed by atoms with E-state index < -0.39 is 0 Å². The van der Waals surface area contributed by atoms with E-state index in [2.05, 4.69) is 20.9 Å². The Bertz CT molecular complexity index is 688. The van der Waals surface area contributed by atoms with E-state index in [9.17, 15) is 0 Å². The van der Waals surface area contributed by atoms with Crippen LogP contribution in [0.25, 0.3) is 0 Å². The van der Waals surface area contributed by atoms with Crippen LogP contribution in [0.5, 0.6) is 0 Å². The molecule has 0 saturated heterocycles. The van der Waals surface area contributed by atoms with Crippen LogP contribution < -0.4 is 10.6 Å². The number of nitrogens with one attached hydrogen (secondary N) is 2. The second kappa shape index (κ2) is 6.23. The molecular weight excluding hydrogens is 290 g/mol. The molecule has 23 heavy (non-hydrogen) atoms. The van der Waals surface area contributed by atoms with Gasteiger partial charge in [-0.15, -0.1) is 5.10 Å². The van der Waals surface area contributed by atoms with Crippen molar-refractivity contribution in [2.75, 3.05) is 11.9 Å². The molecule has 2 aromatic heterocycles. The maximum atomic E-state index is 4.86. The Morgan fingerprint density at radius 2 is 2.13 bits per heavy atom. The number of rotatable bonds is 5. The fourth-order valence-electron chi connectivity index (χ4n) is 3.49. The van der Waals surface area contributed by atoms with E-state index in [4.69, 9.17) is 9.97 Å². The topological polar surface area (TPSA) is 80.5 Å². The lowest BCUT2D eigenvalue weighted by molar-refractivity contribution is 0.606. The molecule has 1 aliphatic heterocycles. The van der Waals surface area contributed by atoms with E-state index in [-0.39, 0.29) is 0 Å². The highest BCUT2D eigenvalue weighted by Crippen LogP contribution is 2.34. The largest absolute Gasteiger partial charge is 0.368 e. The van der Waals surface area contributed by atoms with Crippen LogP contribution in [0, 0.1) is 6.92 Å². The van der Waals surface area contributed by atoms with E-state index in [1.54, 1.807) is 0 Å². The van der Waals surface area contributed by atoms with Crippen molar-refractivity contribution in [2.24, 2.45) is 0 Å². The van der Waals surface area contributed by atoms with Crippen molar-refractivity contribution in [2.45, 2.75) is 58.2 Å². The number of aromatic nitrogens is 5. The summed E-state index contributed by atoms with van der Waals surface area (Å²) in [6.07, 6.45) is 7.01. The van der Waals surface area contributed by atoms with Crippen LogP contribution in [0.2, 0.25) is 0 Å². The van der Waals surface area contributed by atoms with Crippen molar-refractivity contribution in [3.63, 3.8) is 0 Å². The van der Waals surface area contributed by atoms with E-state index >= 15 is 0 Å². The highest BCUT2D eigenvalue weighted by Gasteiger charge is 2.24. The van der Waals surface area contributed by atoms with Crippen LogP contribution in [0.1, 0.15) is 54.4 Å². The predicted octanol–water partition coefficient (Wildman–Crippen LogP) is 1.75. The lowest BCUT2D eigenvalue weighted by atomic mass is 10.1. The molecule has 0 atom stereocenters. The lowest BCUT2D eigenvalue weighted by Gasteiger charge is -2.14. The number of fused-ring (bicyclic) bond motifs is 1. The van der Waals surface area contributed by atoms with Gasteiger partial charge in [0.05, 0.1) is 17.9 Å². The van der Waals surface area contributed by atoms with Crippen molar-refractivity contribution < 1.29 is 0 Å². The van der Waals surface area contributed by atoms with E-state index in [0.717, 1.165) is 43.5 Å². The number of anilines is 1. The fraction of sp³-hybridized carbons (Fsp3) is 0.625. The average molecular weight is 313 g/mol. The summed E-state index contributed by atoms with van der Waals surface area (Å²) in [5.41, 5.74) is 3.34. The first kappa shape index (κ1) is 14.6. The zero-order chi connectivity index (χ0) is 15.6. The number of aryl methyl sites for hydroxylation is 1. The molecule has 1 aliphatic carbocycles. The number of hydrogen-bond acceptors (Lipinski definition) is 6. The number of hydrogen-bond donors (Lipinski definition) is 2. The molecule has 0 bridgehead atoms. The maximum Gasteiger partial charge on any atom is 0.134 e. The van der Waals surface area contributed by atoms with Gasteiger partial charge in [-0.05, 0) is 19.8 Å². The van der Waals surface area contributed by atoms with Crippen LogP contribution in [-0.4, -0.2) is 31.5 Å². The monoisotopic (exact) mass is 313 g/mol. The molecule has 0 spiro atoms. The van der Waals surface area contributed by atoms with E-state index in [1.165, 1.54) is 36.9 Å². The van der Waals surface area contributed by atoms with Crippen molar-refractivity contribution >= 4 is 5.82 Å². The van der Waals surface area contributed by atoms with Gasteiger partial charge in [0.1, 0.15) is 11.6 Å². The molecule has 0 radical (unpaired) electrons. The lowest BCUT2D eigenvalue weighted by Crippen LogP contribution is -2.15. The SMILES string of the molecule is Cc1cn(CCNc2nc(C3CCCC3)nc3c2CNC3)nn1. The van der Waals surface area contributed by atoms with Gasteiger partial charge in [0.15, 0.2) is 0 Å². The Morgan fingerprint density at radius 3 is 2.91 bits per heavy atom. The van der Waals surface area contributed by atoms with Crippen LogP contribution in [-0.2, 0) is 19.6 Å². The molecule has 0 unspecified atom stereocenters. The van der Waals surface area contributed by atoms with Crippen LogP contribution in [0.15, 0.2) is 6.20 Å². The maximum absolute atomic E-state index is 4.86. The van der Waals surface area contributed by atoms with E-state index in [1.807, 2.05) is 17.8 Å². The molecule has 1 saturated carbocycles. The van der Waals surface area contributed by atoms with Crippen LogP contribution >= 0.6 is 0 Å². The normalized spacial score (nSPS) is 17.6. The van der Waals surface area contributed by atoms with Gasteiger partial charge in [-0.2, -0.15) is 0 Å². The molecule has 0 amide bonds. The molecule has 1 fully saturated rings. The van der Waals surface area contributed by atoms with Gasteiger partial charge in [-0.1, -0.05) is 18.1 Å². The Hall–Kier alpha value is -2.02. The minimum absolute atomic E-state index is 0.541. The van der Waals surface area contributed by atoms with Gasteiger partial charge in [0, 0.05) is 37.3 Å². The smallest absolute Gasteiger partial charge is 0.134 e. The van der Waals surface area contributed by atoms with Crippen molar-refractivity contribution in [3.8, 4) is 0 Å². The van der Waals surface area contributed by atoms with Crippen molar-refractivity contribution in [1.29, 1.82) is 0 Å². The third-order valence-electron chi connectivity index (χ3n) is 4.71. The van der Waals surface area contributed by atoms with Crippen molar-refractivity contribution in [1.82, 2.24) is 30.3 Å². The second-order valence-corrected chi connectivity index (χ2v) is 6.49. The molecular formula is C16H23N7. The van der Waals surface area contributed by atoms with Crippen LogP contribution in [0.3, 0.4) is 0 Å². The van der Waals surface area contributed by atoms with Crippen molar-refractivity contribution in [3.05, 3.63) is 29.0 Å². The minimum atomic E-state index is 0.541. The number of nitrogens with zero attached hydrogens (tertiary/aromatic N) is 5. The summed E-state index contributed by atoms with van der Waals surface area (Å²) >= 11 is 0. The fourth-order valence-corrected chi connectivity index (χ4v) is 3.49. The molecule has 7 nitrogen and oxygen atoms in total. The summed E-state index contributed by atoms with van der Waals surface area (Å²) in [6, 6.07) is 0. The van der Waals surface area contributed by atoms with Crippen LogP contribution in [0.4, 0.5) is 5.82 Å². The zero-order valence-corrected chi connectivity index (χ0v) is 13.5. The van der Waals surface area contributed by atoms with Gasteiger partial charge in [0.2, 0.25) is 0 Å². The molecule has 2 aliphatic rings. The highest BCUT2D eigenvalue weighted by atomic mass is 15.4. The molecule has 2 N–H and O–H groups in total. The molecule has 122 valence electrons. The Kier molecular flexibility index (Phi) is 3.95. The predicted molar refractivity (Wildman–Crippen MR) is 87.0 cm³/mol. The summed E-state index contributed by atoms with van der Waals surface area (Å²) in [7, 11) is 0. The van der Waals surface area contributed by atoms with Gasteiger partial charge in [-0.3, -0.25) is 4.68 Å². The third kappa shape index (κ3) is 3.06. The van der Waals surface area contributed by atoms with E-state index in [0.29, 0.717) is 5.92 Å². The van der Waals surface area contributed by atoms with Gasteiger partial charge >= 0.3 is 0 Å². The Labute approximate surface area is 135 Å². The minimum Gasteiger partial charge on any atom is -0.368 e. The quantitative estimate of drug-likeness (QED) is 0.875. The summed E-state index contributed by atoms with van der Waals surface area (Å²) in [5.74, 6) is 2.57. The summed E-state index contributed by atoms with van der Waals surface area (Å²) in [6.45, 7) is 5.23. The third-order valence-corrected chi connectivity index (χ3v) is 4.71. The first-order valence-electron chi connectivity index (χ1n) is 8.50. The summed E-state index contributed by atoms with van der Waals surface area (Å²) in [4.78, 5) is 9.68. The Balaban J connectivity index is 1.50. The summed E-state index contributed by atoms with van der Waals surface area (Å²) < 4.78 is 1.86. The molecule has 7 heteroatoms. The van der Waals surface area contributed by atoms with Gasteiger partial charge in [-0.25, -0.2) is 9.97 Å². The van der Waals surface area contributed by atoms with Gasteiger partial charge in [0.25, 0.3) is 0 Å². The standard InChI is InChI=1S/C16H23N7/c1-11-10-23(22-21-11)7-6-18-16-13-8-17-9-14(13)19-15(20-16)12-4-2-3-5-12/h10,12,17H,2-9H2,1H3,(H,18,19,20). The van der Waals surface area contributed by atoms with Gasteiger partial charge < -0.3 is 10.6 Å². The molecule has 0 aromatic carbocycles. The first-order valence-corrected chi connectivity index (χ1v) is 8.50. The first-order chi connectivity index (χ1) is 11.3. The summed E-state index contributed by atoms with van der Waals surface area (Å²) in [5, 5.41) is 15.0. The molecule has 2 aromatic rings. The molecule has 3 heterocycles. The highest BCUT2D eigenvalue weighted by molar-refractivity contribution is 5.48. The zero-order valence-electron chi connectivity index (χ0n) is 13.5. The second-order valence-electron chi connectivity index (χ2n) is 6.49.